The Bertz CT molecular complexity index is 1030. The maximum Gasteiger partial charge on any atom is 0.214 e. The van der Waals surface area contributed by atoms with Crippen molar-refractivity contribution in [3.8, 4) is 0 Å². The fourth-order valence-electron chi connectivity index (χ4n) is 5.14. The average molecular weight is 466 g/mol. The molecule has 3 aliphatic rings. The second-order valence-corrected chi connectivity index (χ2v) is 12.0. The number of sulfonamides is 1. The van der Waals surface area contributed by atoms with Crippen LogP contribution >= 0.6 is 11.3 Å². The zero-order chi connectivity index (χ0) is 21.4. The third-order valence-corrected chi connectivity index (χ3v) is 9.98. The molecule has 4 heterocycles. The van der Waals surface area contributed by atoms with Crippen LogP contribution in [0, 0.1) is 0 Å². The monoisotopic (exact) mass is 465 g/mol. The molecule has 0 aromatic carbocycles. The molecule has 0 unspecified atom stereocenters. The maximum absolute atomic E-state index is 12.5. The average Bonchev–Trinajstić information content (AvgIpc) is 3.19. The van der Waals surface area contributed by atoms with Crippen molar-refractivity contribution in [1.29, 1.82) is 0 Å². The normalized spacial score (nSPS) is 26.1. The number of thiophene rings is 1. The van der Waals surface area contributed by atoms with E-state index in [0.29, 0.717) is 25.2 Å². The lowest BCUT2D eigenvalue weighted by Crippen LogP contribution is -2.46. The molecular formula is C21H31N5O3S2. The van der Waals surface area contributed by atoms with Gasteiger partial charge in [0.2, 0.25) is 10.0 Å². The second-order valence-electron chi connectivity index (χ2n) is 8.69. The predicted molar refractivity (Wildman–Crippen MR) is 123 cm³/mol. The highest BCUT2D eigenvalue weighted by molar-refractivity contribution is 7.89. The number of hydrogen-bond donors (Lipinski definition) is 1. The molecule has 1 N–H and O–H groups in total. The van der Waals surface area contributed by atoms with E-state index >= 15 is 0 Å². The van der Waals surface area contributed by atoms with Crippen LogP contribution in [0.15, 0.2) is 6.33 Å². The number of nitrogens with one attached hydrogen (secondary N) is 1. The number of hydrogen-bond acceptors (Lipinski definition) is 8. The molecule has 2 aliphatic heterocycles. The van der Waals surface area contributed by atoms with Crippen LogP contribution < -0.4 is 5.32 Å². The topological polar surface area (TPSA) is 87.7 Å². The quantitative estimate of drug-likeness (QED) is 0.726. The minimum absolute atomic E-state index is 0.137. The van der Waals surface area contributed by atoms with E-state index in [4.69, 9.17) is 4.74 Å². The van der Waals surface area contributed by atoms with E-state index in [2.05, 4.69) is 20.2 Å². The third kappa shape index (κ3) is 4.32. The first-order valence-corrected chi connectivity index (χ1v) is 13.8. The first-order chi connectivity index (χ1) is 15.0. The molecule has 170 valence electrons. The Labute approximate surface area is 188 Å². The lowest BCUT2D eigenvalue weighted by atomic mass is 9.90. The molecular weight excluding hydrogens is 434 g/mol. The van der Waals surface area contributed by atoms with E-state index in [0.717, 1.165) is 67.2 Å². The number of anilines is 1. The molecule has 31 heavy (non-hydrogen) atoms. The Morgan fingerprint density at radius 1 is 1.16 bits per heavy atom. The summed E-state index contributed by atoms with van der Waals surface area (Å²) in [4.78, 5) is 13.9. The van der Waals surface area contributed by atoms with Crippen LogP contribution in [-0.4, -0.2) is 78.3 Å². The summed E-state index contributed by atoms with van der Waals surface area (Å²) >= 11 is 1.68. The molecule has 2 aromatic heterocycles. The molecule has 0 bridgehead atoms. The fourth-order valence-corrected chi connectivity index (χ4v) is 7.34. The van der Waals surface area contributed by atoms with Crippen LogP contribution in [0.1, 0.15) is 43.0 Å². The van der Waals surface area contributed by atoms with Gasteiger partial charge in [-0.3, -0.25) is 4.90 Å². The Balaban J connectivity index is 1.33. The molecule has 5 rings (SSSR count). The van der Waals surface area contributed by atoms with Gasteiger partial charge in [0.25, 0.3) is 0 Å². The zero-order valence-corrected chi connectivity index (χ0v) is 19.7. The van der Waals surface area contributed by atoms with Gasteiger partial charge in [0, 0.05) is 43.1 Å². The standard InChI is InChI=1S/C21H31N5O3S2/c1-2-31(27,28)26-8-7-18-17(13-26)19-20(22-14-23-21(19)30-18)24-15-3-5-16(6-4-15)25-9-11-29-12-10-25/h14-16H,2-13H2,1H3,(H,22,23,24). The summed E-state index contributed by atoms with van der Waals surface area (Å²) in [7, 11) is -3.20. The molecule has 1 saturated carbocycles. The zero-order valence-electron chi connectivity index (χ0n) is 18.0. The lowest BCUT2D eigenvalue weighted by molar-refractivity contribution is 0.00791. The number of ether oxygens (including phenoxy) is 1. The SMILES string of the molecule is CCS(=O)(=O)N1CCc2sc3ncnc(NC4CCC(N5CCOCC5)CC4)c3c2C1. The highest BCUT2D eigenvalue weighted by Crippen LogP contribution is 2.38. The van der Waals surface area contributed by atoms with E-state index in [1.54, 1.807) is 28.9 Å². The first kappa shape index (κ1) is 21.5. The molecule has 0 amide bonds. The second kappa shape index (κ2) is 8.90. The Morgan fingerprint density at radius 2 is 1.94 bits per heavy atom. The molecule has 0 radical (unpaired) electrons. The summed E-state index contributed by atoms with van der Waals surface area (Å²) in [6.45, 7) is 6.49. The van der Waals surface area contributed by atoms with Crippen LogP contribution in [0.2, 0.25) is 0 Å². The van der Waals surface area contributed by atoms with Crippen molar-refractivity contribution in [3.05, 3.63) is 16.8 Å². The van der Waals surface area contributed by atoms with Gasteiger partial charge in [0.15, 0.2) is 0 Å². The Morgan fingerprint density at radius 3 is 2.68 bits per heavy atom. The molecule has 2 aromatic rings. The lowest BCUT2D eigenvalue weighted by Gasteiger charge is -2.39. The smallest absolute Gasteiger partial charge is 0.214 e. The van der Waals surface area contributed by atoms with Gasteiger partial charge in [-0.05, 0) is 44.6 Å². The molecule has 1 aliphatic carbocycles. The van der Waals surface area contributed by atoms with Crippen LogP contribution in [0.4, 0.5) is 5.82 Å². The first-order valence-electron chi connectivity index (χ1n) is 11.4. The minimum Gasteiger partial charge on any atom is -0.379 e. The van der Waals surface area contributed by atoms with Crippen LogP contribution in [0.3, 0.4) is 0 Å². The van der Waals surface area contributed by atoms with Crippen LogP contribution in [-0.2, 0) is 27.7 Å². The molecule has 0 spiro atoms. The van der Waals surface area contributed by atoms with Gasteiger partial charge >= 0.3 is 0 Å². The highest BCUT2D eigenvalue weighted by atomic mass is 32.2. The van der Waals surface area contributed by atoms with Crippen molar-refractivity contribution in [2.24, 2.45) is 0 Å². The Hall–Kier alpha value is -1.33. The van der Waals surface area contributed by atoms with Gasteiger partial charge in [0.05, 0.1) is 24.4 Å². The summed E-state index contributed by atoms with van der Waals surface area (Å²) in [5.74, 6) is 1.01. The fraction of sp³-hybridized carbons (Fsp3) is 0.714. The van der Waals surface area contributed by atoms with Gasteiger partial charge in [-0.25, -0.2) is 18.4 Å². The van der Waals surface area contributed by atoms with Crippen LogP contribution in [0.25, 0.3) is 10.2 Å². The van der Waals surface area contributed by atoms with E-state index in [1.165, 1.54) is 17.7 Å². The van der Waals surface area contributed by atoms with E-state index in [9.17, 15) is 8.42 Å². The number of aromatic nitrogens is 2. The van der Waals surface area contributed by atoms with Crippen LogP contribution in [0.5, 0.6) is 0 Å². The molecule has 2 fully saturated rings. The summed E-state index contributed by atoms with van der Waals surface area (Å²) in [5, 5.41) is 4.72. The van der Waals surface area contributed by atoms with Crippen molar-refractivity contribution >= 4 is 37.4 Å². The summed E-state index contributed by atoms with van der Waals surface area (Å²) in [5.41, 5.74) is 1.09. The van der Waals surface area contributed by atoms with Gasteiger partial charge in [0.1, 0.15) is 17.0 Å². The maximum atomic E-state index is 12.5. The largest absolute Gasteiger partial charge is 0.379 e. The Kier molecular flexibility index (Phi) is 6.17. The van der Waals surface area contributed by atoms with Crippen molar-refractivity contribution in [2.75, 3.05) is 43.9 Å². The third-order valence-electron chi connectivity index (χ3n) is 6.95. The summed E-state index contributed by atoms with van der Waals surface area (Å²) < 4.78 is 32.0. The van der Waals surface area contributed by atoms with Crippen molar-refractivity contribution in [3.63, 3.8) is 0 Å². The molecule has 1 saturated heterocycles. The number of fused-ring (bicyclic) bond motifs is 3. The number of morpholine rings is 1. The van der Waals surface area contributed by atoms with E-state index in [-0.39, 0.29) is 5.75 Å². The summed E-state index contributed by atoms with van der Waals surface area (Å²) in [6, 6.07) is 1.05. The highest BCUT2D eigenvalue weighted by Gasteiger charge is 2.31. The van der Waals surface area contributed by atoms with Gasteiger partial charge < -0.3 is 10.1 Å². The minimum atomic E-state index is -3.20. The van der Waals surface area contributed by atoms with Gasteiger partial charge in [-0.15, -0.1) is 11.3 Å². The molecule has 10 heteroatoms. The van der Waals surface area contributed by atoms with Gasteiger partial charge in [-0.1, -0.05) is 0 Å². The molecule has 8 nitrogen and oxygen atoms in total. The predicted octanol–water partition coefficient (Wildman–Crippen LogP) is 2.45. The van der Waals surface area contributed by atoms with Crippen molar-refractivity contribution in [2.45, 2.75) is 57.7 Å². The van der Waals surface area contributed by atoms with Gasteiger partial charge in [-0.2, -0.15) is 4.31 Å². The van der Waals surface area contributed by atoms with Crippen molar-refractivity contribution in [1.82, 2.24) is 19.2 Å². The van der Waals surface area contributed by atoms with Crippen molar-refractivity contribution < 1.29 is 13.2 Å². The van der Waals surface area contributed by atoms with E-state index < -0.39 is 10.0 Å². The number of nitrogens with zero attached hydrogens (tertiary/aromatic N) is 4. The summed E-state index contributed by atoms with van der Waals surface area (Å²) in [6.07, 6.45) is 7.00. The van der Waals surface area contributed by atoms with E-state index in [1.807, 2.05) is 0 Å². The number of rotatable bonds is 5. The molecule has 0 atom stereocenters.